The first-order valence-electron chi connectivity index (χ1n) is 8.91. The average molecular weight is 350 g/mol. The maximum Gasteiger partial charge on any atom is 0.224 e. The lowest BCUT2D eigenvalue weighted by Crippen LogP contribution is -2.42. The van der Waals surface area contributed by atoms with E-state index in [0.717, 1.165) is 35.7 Å². The van der Waals surface area contributed by atoms with Crippen molar-refractivity contribution in [2.24, 2.45) is 5.73 Å². The molecule has 0 bridgehead atoms. The minimum Gasteiger partial charge on any atom is -0.356 e. The quantitative estimate of drug-likeness (QED) is 0.646. The van der Waals surface area contributed by atoms with Gasteiger partial charge in [-0.2, -0.15) is 4.98 Å². The molecule has 0 unspecified atom stereocenters. The Kier molecular flexibility index (Phi) is 4.79. The first kappa shape index (κ1) is 16.5. The van der Waals surface area contributed by atoms with Crippen LogP contribution >= 0.6 is 0 Å². The molecule has 1 aliphatic carbocycles. The lowest BCUT2D eigenvalue weighted by atomic mass is 9.91. The smallest absolute Gasteiger partial charge is 0.224 e. The van der Waals surface area contributed by atoms with E-state index in [2.05, 4.69) is 25.8 Å². The van der Waals surface area contributed by atoms with E-state index in [0.29, 0.717) is 5.95 Å². The molecule has 0 saturated heterocycles. The van der Waals surface area contributed by atoms with Gasteiger partial charge >= 0.3 is 0 Å². The maximum absolute atomic E-state index is 6.20. The van der Waals surface area contributed by atoms with E-state index in [1.807, 2.05) is 36.4 Å². The molecule has 4 rings (SSSR count). The lowest BCUT2D eigenvalue weighted by molar-refractivity contribution is 0.402. The molecule has 1 fully saturated rings. The molecule has 2 atom stereocenters. The van der Waals surface area contributed by atoms with Crippen LogP contribution in [-0.2, 0) is 0 Å². The summed E-state index contributed by atoms with van der Waals surface area (Å²) in [7, 11) is 0. The van der Waals surface area contributed by atoms with Crippen molar-refractivity contribution in [1.82, 2.24) is 15.1 Å². The second-order valence-corrected chi connectivity index (χ2v) is 6.54. The molecular weight excluding hydrogens is 328 g/mol. The molecule has 0 amide bonds. The van der Waals surface area contributed by atoms with Crippen molar-refractivity contribution < 1.29 is 4.52 Å². The van der Waals surface area contributed by atoms with Crippen LogP contribution in [0.15, 0.2) is 53.3 Å². The molecule has 0 radical (unpaired) electrons. The normalized spacial score (nSPS) is 19.9. The van der Waals surface area contributed by atoms with Crippen molar-refractivity contribution in [3.8, 4) is 11.3 Å². The van der Waals surface area contributed by atoms with Crippen LogP contribution in [0.3, 0.4) is 0 Å². The molecule has 2 aromatic heterocycles. The Hall–Kier alpha value is -2.93. The summed E-state index contributed by atoms with van der Waals surface area (Å²) < 4.78 is 5.16. The minimum atomic E-state index is 0.160. The Morgan fingerprint density at radius 2 is 1.85 bits per heavy atom. The van der Waals surface area contributed by atoms with Crippen LogP contribution in [0.1, 0.15) is 25.7 Å². The second-order valence-electron chi connectivity index (χ2n) is 6.54. The van der Waals surface area contributed by atoms with E-state index in [9.17, 15) is 0 Å². The number of rotatable bonds is 5. The van der Waals surface area contributed by atoms with Crippen LogP contribution in [-0.4, -0.2) is 27.2 Å². The van der Waals surface area contributed by atoms with Gasteiger partial charge in [-0.15, -0.1) is 0 Å². The Labute approximate surface area is 152 Å². The van der Waals surface area contributed by atoms with Gasteiger partial charge in [0, 0.05) is 35.6 Å². The number of hydrogen-bond donors (Lipinski definition) is 3. The molecule has 1 saturated carbocycles. The molecule has 1 aliphatic rings. The van der Waals surface area contributed by atoms with Crippen molar-refractivity contribution >= 4 is 17.5 Å². The molecule has 26 heavy (non-hydrogen) atoms. The molecule has 4 N–H and O–H groups in total. The van der Waals surface area contributed by atoms with Crippen molar-refractivity contribution in [3.63, 3.8) is 0 Å². The summed E-state index contributed by atoms with van der Waals surface area (Å²) in [5.41, 5.74) is 8.11. The molecule has 0 aliphatic heterocycles. The third-order valence-corrected chi connectivity index (χ3v) is 4.67. The number of benzene rings is 1. The molecule has 0 spiro atoms. The average Bonchev–Trinajstić information content (AvgIpc) is 3.19. The second kappa shape index (κ2) is 7.53. The number of nitrogens with two attached hydrogens (primary N) is 1. The highest BCUT2D eigenvalue weighted by Gasteiger charge is 2.22. The van der Waals surface area contributed by atoms with Gasteiger partial charge < -0.3 is 20.9 Å². The van der Waals surface area contributed by atoms with Crippen LogP contribution in [0.4, 0.5) is 17.5 Å². The molecule has 7 heteroatoms. The first-order chi connectivity index (χ1) is 12.8. The van der Waals surface area contributed by atoms with E-state index in [4.69, 9.17) is 10.3 Å². The number of nitrogens with one attached hydrogen (secondary N) is 2. The Morgan fingerprint density at radius 3 is 2.62 bits per heavy atom. The third-order valence-electron chi connectivity index (χ3n) is 4.67. The molecule has 134 valence electrons. The third kappa shape index (κ3) is 3.83. The van der Waals surface area contributed by atoms with Gasteiger partial charge in [-0.25, -0.2) is 4.98 Å². The summed E-state index contributed by atoms with van der Waals surface area (Å²) in [6.45, 7) is 0. The van der Waals surface area contributed by atoms with Crippen molar-refractivity contribution in [3.05, 3.63) is 48.8 Å². The predicted octanol–water partition coefficient (Wildman–Crippen LogP) is 3.56. The van der Waals surface area contributed by atoms with Gasteiger partial charge in [0.25, 0.3) is 0 Å². The van der Waals surface area contributed by atoms with Crippen LogP contribution < -0.4 is 16.4 Å². The highest BCUT2D eigenvalue weighted by molar-refractivity contribution is 5.64. The van der Waals surface area contributed by atoms with Crippen molar-refractivity contribution in [2.45, 2.75) is 37.8 Å². The molecule has 2 heterocycles. The van der Waals surface area contributed by atoms with E-state index in [1.54, 1.807) is 12.4 Å². The fraction of sp³-hybridized carbons (Fsp3) is 0.316. The zero-order chi connectivity index (χ0) is 17.8. The van der Waals surface area contributed by atoms with Crippen LogP contribution in [0, 0.1) is 0 Å². The summed E-state index contributed by atoms with van der Waals surface area (Å²) in [5, 5.41) is 10.4. The highest BCUT2D eigenvalue weighted by Crippen LogP contribution is 2.23. The number of aromatic nitrogens is 3. The Morgan fingerprint density at radius 1 is 1.00 bits per heavy atom. The summed E-state index contributed by atoms with van der Waals surface area (Å²) in [6.07, 6.45) is 7.88. The van der Waals surface area contributed by atoms with Crippen LogP contribution in [0.25, 0.3) is 11.3 Å². The van der Waals surface area contributed by atoms with Gasteiger partial charge in [-0.05, 0) is 43.2 Å². The van der Waals surface area contributed by atoms with Gasteiger partial charge in [0.15, 0.2) is 5.76 Å². The highest BCUT2D eigenvalue weighted by atomic mass is 16.5. The topological polar surface area (TPSA) is 102 Å². The van der Waals surface area contributed by atoms with Gasteiger partial charge in [0.2, 0.25) is 5.95 Å². The SMILES string of the molecule is N[C@H]1CCCC[C@H]1Nc1nccc(Nc2ccc(-c3ccno3)cc2)n1. The zero-order valence-electron chi connectivity index (χ0n) is 14.4. The van der Waals surface area contributed by atoms with E-state index in [1.165, 1.54) is 12.8 Å². The summed E-state index contributed by atoms with van der Waals surface area (Å²) >= 11 is 0. The number of anilines is 3. The largest absolute Gasteiger partial charge is 0.356 e. The first-order valence-corrected chi connectivity index (χ1v) is 8.91. The van der Waals surface area contributed by atoms with E-state index >= 15 is 0 Å². The number of nitrogens with zero attached hydrogens (tertiary/aromatic N) is 3. The van der Waals surface area contributed by atoms with Crippen molar-refractivity contribution in [2.75, 3.05) is 10.6 Å². The van der Waals surface area contributed by atoms with Gasteiger partial charge in [0.1, 0.15) is 5.82 Å². The monoisotopic (exact) mass is 350 g/mol. The Balaban J connectivity index is 1.43. The number of hydrogen-bond acceptors (Lipinski definition) is 7. The minimum absolute atomic E-state index is 0.160. The standard InChI is InChI=1S/C19H22N6O/c20-15-3-1-2-4-16(15)24-19-21-11-10-18(25-19)23-14-7-5-13(6-8-14)17-9-12-22-26-17/h5-12,15-16H,1-4,20H2,(H2,21,23,24,25)/t15-,16+/m0/s1. The maximum atomic E-state index is 6.20. The fourth-order valence-corrected chi connectivity index (χ4v) is 3.23. The summed E-state index contributed by atoms with van der Waals surface area (Å²) in [4.78, 5) is 8.87. The Bertz CT molecular complexity index is 834. The summed E-state index contributed by atoms with van der Waals surface area (Å²) in [5.74, 6) is 2.09. The van der Waals surface area contributed by atoms with Gasteiger partial charge in [-0.1, -0.05) is 18.0 Å². The van der Waals surface area contributed by atoms with Gasteiger partial charge in [-0.3, -0.25) is 0 Å². The van der Waals surface area contributed by atoms with Crippen LogP contribution in [0.2, 0.25) is 0 Å². The lowest BCUT2D eigenvalue weighted by Gasteiger charge is -2.29. The van der Waals surface area contributed by atoms with Crippen LogP contribution in [0.5, 0.6) is 0 Å². The van der Waals surface area contributed by atoms with Gasteiger partial charge in [0.05, 0.1) is 6.20 Å². The fourth-order valence-electron chi connectivity index (χ4n) is 3.23. The van der Waals surface area contributed by atoms with E-state index < -0.39 is 0 Å². The summed E-state index contributed by atoms with van der Waals surface area (Å²) in [6, 6.07) is 12.0. The molecule has 3 aromatic rings. The zero-order valence-corrected chi connectivity index (χ0v) is 14.4. The van der Waals surface area contributed by atoms with Crippen molar-refractivity contribution in [1.29, 1.82) is 0 Å². The predicted molar refractivity (Wildman–Crippen MR) is 101 cm³/mol. The molecule has 7 nitrogen and oxygen atoms in total. The molecular formula is C19H22N6O. The van der Waals surface area contributed by atoms with E-state index in [-0.39, 0.29) is 12.1 Å². The molecule has 1 aromatic carbocycles.